The Morgan fingerprint density at radius 1 is 0.704 bits per heavy atom. The van der Waals surface area contributed by atoms with Gasteiger partial charge in [-0.05, 0) is 59.5 Å². The lowest BCUT2D eigenvalue weighted by Crippen LogP contribution is -1.94. The third-order valence-corrected chi connectivity index (χ3v) is 4.48. The number of hydrogen-bond donors (Lipinski definition) is 0. The minimum absolute atomic E-state index is 0.800. The predicted molar refractivity (Wildman–Crippen MR) is 111 cm³/mol. The van der Waals surface area contributed by atoms with Gasteiger partial charge < -0.3 is 14.2 Å². The average molecular weight is 360 g/mol. The maximum atomic E-state index is 5.52. The average Bonchev–Trinajstić information content (AvgIpc) is 2.74. The minimum Gasteiger partial charge on any atom is -0.497 e. The maximum Gasteiger partial charge on any atom is 0.126 e. The van der Waals surface area contributed by atoms with Crippen LogP contribution >= 0.6 is 0 Å². The van der Waals surface area contributed by atoms with Crippen LogP contribution in [0.25, 0.3) is 11.6 Å². The minimum atomic E-state index is 0.800. The fourth-order valence-electron chi connectivity index (χ4n) is 2.98. The van der Waals surface area contributed by atoms with Crippen LogP contribution in [0.1, 0.15) is 16.7 Å². The van der Waals surface area contributed by atoms with E-state index >= 15 is 0 Å². The maximum absolute atomic E-state index is 5.52. The monoisotopic (exact) mass is 360 g/mol. The molecule has 0 aliphatic heterocycles. The SMILES string of the molecule is COc1ccc(C/C(=C\c2ccccc2OC)c2ccc(OC)cc2)cc1. The van der Waals surface area contributed by atoms with Gasteiger partial charge in [0.15, 0.2) is 0 Å². The van der Waals surface area contributed by atoms with E-state index in [4.69, 9.17) is 14.2 Å². The van der Waals surface area contributed by atoms with Crippen LogP contribution in [-0.2, 0) is 6.42 Å². The molecule has 138 valence electrons. The van der Waals surface area contributed by atoms with Crippen LogP contribution in [0, 0.1) is 0 Å². The number of hydrogen-bond acceptors (Lipinski definition) is 3. The molecule has 0 unspecified atom stereocenters. The van der Waals surface area contributed by atoms with Crippen LogP contribution in [0.3, 0.4) is 0 Å². The highest BCUT2D eigenvalue weighted by Gasteiger charge is 2.07. The first-order chi connectivity index (χ1) is 13.2. The Morgan fingerprint density at radius 3 is 1.89 bits per heavy atom. The lowest BCUT2D eigenvalue weighted by atomic mass is 9.95. The molecular weight excluding hydrogens is 336 g/mol. The zero-order valence-corrected chi connectivity index (χ0v) is 15.9. The molecule has 0 saturated carbocycles. The summed E-state index contributed by atoms with van der Waals surface area (Å²) in [5, 5.41) is 0. The van der Waals surface area contributed by atoms with Crippen molar-refractivity contribution in [1.29, 1.82) is 0 Å². The van der Waals surface area contributed by atoms with Crippen molar-refractivity contribution < 1.29 is 14.2 Å². The number of para-hydroxylation sites is 1. The van der Waals surface area contributed by atoms with Crippen LogP contribution in [0.4, 0.5) is 0 Å². The molecule has 3 heteroatoms. The molecule has 0 heterocycles. The van der Waals surface area contributed by atoms with E-state index < -0.39 is 0 Å². The molecule has 0 atom stereocenters. The smallest absolute Gasteiger partial charge is 0.126 e. The van der Waals surface area contributed by atoms with Crippen molar-refractivity contribution in [2.45, 2.75) is 6.42 Å². The van der Waals surface area contributed by atoms with Crippen molar-refractivity contribution in [1.82, 2.24) is 0 Å². The summed E-state index contributed by atoms with van der Waals surface area (Å²) in [5.41, 5.74) is 4.62. The zero-order valence-electron chi connectivity index (χ0n) is 15.9. The normalized spacial score (nSPS) is 11.1. The Bertz CT molecular complexity index is 894. The molecule has 3 nitrogen and oxygen atoms in total. The molecule has 0 bridgehead atoms. The van der Waals surface area contributed by atoms with Gasteiger partial charge in [0.05, 0.1) is 21.3 Å². The van der Waals surface area contributed by atoms with Gasteiger partial charge in [-0.2, -0.15) is 0 Å². The number of benzene rings is 3. The van der Waals surface area contributed by atoms with Gasteiger partial charge in [0.2, 0.25) is 0 Å². The first-order valence-corrected chi connectivity index (χ1v) is 8.84. The van der Waals surface area contributed by atoms with E-state index in [1.807, 2.05) is 42.5 Å². The predicted octanol–water partition coefficient (Wildman–Crippen LogP) is 5.50. The molecule has 0 aliphatic rings. The topological polar surface area (TPSA) is 27.7 Å². The first kappa shape index (κ1) is 18.6. The molecule has 0 aliphatic carbocycles. The van der Waals surface area contributed by atoms with E-state index in [2.05, 4.69) is 36.4 Å². The quantitative estimate of drug-likeness (QED) is 0.521. The summed E-state index contributed by atoms with van der Waals surface area (Å²) in [6, 6.07) is 24.4. The summed E-state index contributed by atoms with van der Waals surface area (Å²) in [7, 11) is 5.06. The van der Waals surface area contributed by atoms with Crippen LogP contribution in [0.5, 0.6) is 17.2 Å². The van der Waals surface area contributed by atoms with E-state index in [9.17, 15) is 0 Å². The zero-order chi connectivity index (χ0) is 19.1. The molecular formula is C24H24O3. The summed E-state index contributed by atoms with van der Waals surface area (Å²) in [5.74, 6) is 2.57. The molecule has 0 radical (unpaired) electrons. The number of allylic oxidation sites excluding steroid dienone is 1. The summed E-state index contributed by atoms with van der Waals surface area (Å²) in [6.07, 6.45) is 2.99. The third kappa shape index (κ3) is 4.70. The van der Waals surface area contributed by atoms with E-state index in [0.29, 0.717) is 0 Å². The van der Waals surface area contributed by atoms with Gasteiger partial charge in [0.25, 0.3) is 0 Å². The standard InChI is InChI=1S/C24H24O3/c1-25-22-12-8-18(9-13-22)16-21(19-10-14-23(26-2)15-11-19)17-20-6-4-5-7-24(20)27-3/h4-15,17H,16H2,1-3H3/b21-17+. The summed E-state index contributed by atoms with van der Waals surface area (Å²) in [4.78, 5) is 0. The molecule has 3 aromatic carbocycles. The molecule has 0 fully saturated rings. The number of ether oxygens (including phenoxy) is 3. The first-order valence-electron chi connectivity index (χ1n) is 8.84. The second kappa shape index (κ2) is 8.95. The Morgan fingerprint density at radius 2 is 1.30 bits per heavy atom. The highest BCUT2D eigenvalue weighted by molar-refractivity contribution is 5.84. The Labute approximate surface area is 160 Å². The van der Waals surface area contributed by atoms with Crippen LogP contribution < -0.4 is 14.2 Å². The van der Waals surface area contributed by atoms with Gasteiger partial charge in [-0.1, -0.05) is 42.5 Å². The highest BCUT2D eigenvalue weighted by Crippen LogP contribution is 2.28. The van der Waals surface area contributed by atoms with Crippen molar-refractivity contribution in [3.8, 4) is 17.2 Å². The van der Waals surface area contributed by atoms with Crippen molar-refractivity contribution in [2.24, 2.45) is 0 Å². The molecule has 0 spiro atoms. The summed E-state index contributed by atoms with van der Waals surface area (Å²) < 4.78 is 16.1. The molecule has 27 heavy (non-hydrogen) atoms. The van der Waals surface area contributed by atoms with Crippen molar-refractivity contribution >= 4 is 11.6 Å². The second-order valence-corrected chi connectivity index (χ2v) is 6.16. The van der Waals surface area contributed by atoms with Crippen molar-refractivity contribution in [3.63, 3.8) is 0 Å². The van der Waals surface area contributed by atoms with E-state index in [1.54, 1.807) is 21.3 Å². The van der Waals surface area contributed by atoms with Crippen molar-refractivity contribution in [3.05, 3.63) is 89.5 Å². The van der Waals surface area contributed by atoms with E-state index in [1.165, 1.54) is 11.1 Å². The van der Waals surface area contributed by atoms with Gasteiger partial charge in [0.1, 0.15) is 17.2 Å². The molecule has 0 amide bonds. The summed E-state index contributed by atoms with van der Waals surface area (Å²) in [6.45, 7) is 0. The highest BCUT2D eigenvalue weighted by atomic mass is 16.5. The third-order valence-electron chi connectivity index (χ3n) is 4.48. The number of methoxy groups -OCH3 is 3. The Kier molecular flexibility index (Phi) is 6.16. The lowest BCUT2D eigenvalue weighted by Gasteiger charge is -2.12. The van der Waals surface area contributed by atoms with Gasteiger partial charge >= 0.3 is 0 Å². The Balaban J connectivity index is 2.00. The fraction of sp³-hybridized carbons (Fsp3) is 0.167. The second-order valence-electron chi connectivity index (χ2n) is 6.16. The van der Waals surface area contributed by atoms with Gasteiger partial charge in [-0.3, -0.25) is 0 Å². The fourth-order valence-corrected chi connectivity index (χ4v) is 2.98. The Hall–Kier alpha value is -3.20. The van der Waals surface area contributed by atoms with Gasteiger partial charge in [-0.15, -0.1) is 0 Å². The molecule has 3 rings (SSSR count). The van der Waals surface area contributed by atoms with Crippen molar-refractivity contribution in [2.75, 3.05) is 21.3 Å². The largest absolute Gasteiger partial charge is 0.497 e. The molecule has 3 aromatic rings. The molecule has 0 aromatic heterocycles. The van der Waals surface area contributed by atoms with Gasteiger partial charge in [0, 0.05) is 5.56 Å². The van der Waals surface area contributed by atoms with E-state index in [0.717, 1.165) is 34.8 Å². The lowest BCUT2D eigenvalue weighted by molar-refractivity contribution is 0.414. The molecule has 0 N–H and O–H groups in total. The number of rotatable bonds is 7. The van der Waals surface area contributed by atoms with Crippen LogP contribution in [-0.4, -0.2) is 21.3 Å². The van der Waals surface area contributed by atoms with Crippen LogP contribution in [0.2, 0.25) is 0 Å². The molecule has 0 saturated heterocycles. The van der Waals surface area contributed by atoms with E-state index in [-0.39, 0.29) is 0 Å². The van der Waals surface area contributed by atoms with Gasteiger partial charge in [-0.25, -0.2) is 0 Å². The summed E-state index contributed by atoms with van der Waals surface area (Å²) >= 11 is 0. The van der Waals surface area contributed by atoms with Crippen LogP contribution in [0.15, 0.2) is 72.8 Å².